The highest BCUT2D eigenvalue weighted by atomic mass is 16.3. The summed E-state index contributed by atoms with van der Waals surface area (Å²) >= 11 is 0. The topological polar surface area (TPSA) is 42.3 Å². The van der Waals surface area contributed by atoms with E-state index in [1.165, 1.54) is 16.3 Å². The predicted octanol–water partition coefficient (Wildman–Crippen LogP) is 0.683. The molecule has 29 heavy (non-hydrogen) atoms. The molecule has 1 saturated heterocycles. The Morgan fingerprint density at radius 1 is 1.07 bits per heavy atom. The number of hydrogen-bond acceptors (Lipinski definition) is 2. The van der Waals surface area contributed by atoms with E-state index in [-0.39, 0.29) is 5.91 Å². The Morgan fingerprint density at radius 3 is 2.59 bits per heavy atom. The van der Waals surface area contributed by atoms with E-state index in [0.717, 1.165) is 55.7 Å². The van der Waals surface area contributed by atoms with Gasteiger partial charge in [-0.25, -0.2) is 0 Å². The average Bonchev–Trinajstić information content (AvgIpc) is 3.13. The minimum atomic E-state index is 0.245. The van der Waals surface area contributed by atoms with Gasteiger partial charge in [-0.1, -0.05) is 42.5 Å². The maximum absolute atomic E-state index is 12.7. The second-order valence-electron chi connectivity index (χ2n) is 8.27. The maximum Gasteiger partial charge on any atom is 0.278 e. The van der Waals surface area contributed by atoms with Crippen molar-refractivity contribution in [3.05, 3.63) is 71.7 Å². The highest BCUT2D eigenvalue weighted by molar-refractivity contribution is 5.85. The van der Waals surface area contributed by atoms with Crippen LogP contribution in [-0.4, -0.2) is 50.6 Å². The van der Waals surface area contributed by atoms with Crippen LogP contribution in [0.1, 0.15) is 17.1 Å². The molecule has 1 aliphatic rings. The molecule has 4 rings (SSSR count). The van der Waals surface area contributed by atoms with Gasteiger partial charge in [-0.2, -0.15) is 0 Å². The van der Waals surface area contributed by atoms with Crippen molar-refractivity contribution in [3.63, 3.8) is 0 Å². The molecule has 2 aromatic carbocycles. The fourth-order valence-electron chi connectivity index (χ4n) is 4.28. The van der Waals surface area contributed by atoms with Crippen molar-refractivity contribution in [2.24, 2.45) is 0 Å². The van der Waals surface area contributed by atoms with Crippen molar-refractivity contribution in [1.82, 2.24) is 4.90 Å². The Labute approximate surface area is 172 Å². The lowest BCUT2D eigenvalue weighted by Crippen LogP contribution is -3.14. The molecule has 1 atom stereocenters. The fourth-order valence-corrected chi connectivity index (χ4v) is 4.28. The summed E-state index contributed by atoms with van der Waals surface area (Å²) in [4.78, 5) is 17.5. The third-order valence-corrected chi connectivity index (χ3v) is 5.87. The van der Waals surface area contributed by atoms with Crippen molar-refractivity contribution in [2.75, 3.05) is 39.8 Å². The first-order valence-electron chi connectivity index (χ1n) is 10.5. The number of carbonyl (C=O) groups excluding carboxylic acids is 1. The molecule has 1 amide bonds. The Hall–Kier alpha value is -2.63. The number of aryl methyl sites for hydroxylation is 1. The Bertz CT molecular complexity index is 968. The molecule has 1 fully saturated rings. The molecule has 1 aromatic heterocycles. The summed E-state index contributed by atoms with van der Waals surface area (Å²) in [5.74, 6) is 2.11. The lowest BCUT2D eigenvalue weighted by atomic mass is 10.0. The number of carbonyl (C=O) groups is 1. The van der Waals surface area contributed by atoms with Crippen LogP contribution in [0.5, 0.6) is 0 Å². The van der Waals surface area contributed by atoms with Crippen LogP contribution in [0.4, 0.5) is 0 Å². The first-order chi connectivity index (χ1) is 14.1. The minimum absolute atomic E-state index is 0.245. The van der Waals surface area contributed by atoms with Gasteiger partial charge >= 0.3 is 0 Å². The predicted molar refractivity (Wildman–Crippen MR) is 114 cm³/mol. The number of likely N-dealkylation sites (N-methyl/N-ethyl adjacent to an activating group) is 1. The lowest BCUT2D eigenvalue weighted by molar-refractivity contribution is -0.917. The molecule has 0 spiro atoms. The number of amides is 1. The molecule has 0 bridgehead atoms. The van der Waals surface area contributed by atoms with E-state index in [4.69, 9.17) is 4.42 Å². The summed E-state index contributed by atoms with van der Waals surface area (Å²) in [6.45, 7) is 7.91. The van der Waals surface area contributed by atoms with Crippen LogP contribution in [-0.2, 0) is 17.9 Å². The summed E-state index contributed by atoms with van der Waals surface area (Å²) in [5, 5.41) is 2.65. The highest BCUT2D eigenvalue weighted by Gasteiger charge is 2.26. The van der Waals surface area contributed by atoms with Gasteiger partial charge in [0.05, 0.1) is 33.2 Å². The number of quaternary nitrogens is 2. The Morgan fingerprint density at radius 2 is 1.83 bits per heavy atom. The van der Waals surface area contributed by atoms with Gasteiger partial charge in [0.25, 0.3) is 5.91 Å². The quantitative estimate of drug-likeness (QED) is 0.647. The average molecular weight is 394 g/mol. The third-order valence-electron chi connectivity index (χ3n) is 5.87. The third kappa shape index (κ3) is 4.86. The summed E-state index contributed by atoms with van der Waals surface area (Å²) in [6, 6.07) is 19.1. The molecule has 3 aromatic rings. The van der Waals surface area contributed by atoms with E-state index < -0.39 is 0 Å². The number of furan rings is 1. The Kier molecular flexibility index (Phi) is 5.97. The van der Waals surface area contributed by atoms with Gasteiger partial charge < -0.3 is 19.1 Å². The van der Waals surface area contributed by atoms with Crippen LogP contribution in [0.2, 0.25) is 0 Å². The molecule has 0 radical (unpaired) electrons. The number of piperazine rings is 1. The molecule has 0 aliphatic carbocycles. The van der Waals surface area contributed by atoms with Gasteiger partial charge in [-0.05, 0) is 29.8 Å². The van der Waals surface area contributed by atoms with Gasteiger partial charge in [0, 0.05) is 5.56 Å². The summed E-state index contributed by atoms with van der Waals surface area (Å²) in [6.07, 6.45) is 0. The van der Waals surface area contributed by atoms with E-state index in [9.17, 15) is 4.79 Å². The van der Waals surface area contributed by atoms with Gasteiger partial charge in [0.2, 0.25) is 0 Å². The van der Waals surface area contributed by atoms with Crippen LogP contribution >= 0.6 is 0 Å². The van der Waals surface area contributed by atoms with Crippen molar-refractivity contribution in [2.45, 2.75) is 20.0 Å². The summed E-state index contributed by atoms with van der Waals surface area (Å²) in [7, 11) is 2.05. The normalized spacial score (nSPS) is 16.3. The van der Waals surface area contributed by atoms with Gasteiger partial charge in [0.1, 0.15) is 18.8 Å². The van der Waals surface area contributed by atoms with Crippen LogP contribution in [0.25, 0.3) is 10.8 Å². The first-order valence-corrected chi connectivity index (χ1v) is 10.5. The molecule has 2 heterocycles. The first kappa shape index (κ1) is 19.7. The Balaban J connectivity index is 1.28. The van der Waals surface area contributed by atoms with Crippen LogP contribution < -0.4 is 9.80 Å². The minimum Gasteiger partial charge on any atom is -0.460 e. The molecule has 2 N–H and O–H groups in total. The zero-order valence-corrected chi connectivity index (χ0v) is 17.4. The lowest BCUT2D eigenvalue weighted by Gasteiger charge is -2.32. The number of hydrogen-bond donors (Lipinski definition) is 2. The molecule has 152 valence electrons. The van der Waals surface area contributed by atoms with E-state index in [1.54, 1.807) is 4.90 Å². The van der Waals surface area contributed by atoms with Crippen LogP contribution in [0.3, 0.4) is 0 Å². The second kappa shape index (κ2) is 8.80. The van der Waals surface area contributed by atoms with E-state index in [2.05, 4.69) is 49.5 Å². The molecule has 5 nitrogen and oxygen atoms in total. The molecule has 1 unspecified atom stereocenters. The number of rotatable bonds is 6. The standard InChI is InChI=1S/C24H29N3O2/c1-19-10-11-22(29-19)17-25(2)18-24(28)27-14-12-26(13-15-27)16-21-8-5-7-20-6-3-4-9-23(20)21/h3-11H,12-18H2,1-2H3/p+2. The van der Waals surface area contributed by atoms with Gasteiger partial charge in [-0.3, -0.25) is 4.79 Å². The molecular formula is C24H31N3O2+2. The molecule has 5 heteroatoms. The van der Waals surface area contributed by atoms with E-state index >= 15 is 0 Å². The number of nitrogens with one attached hydrogen (secondary N) is 2. The summed E-state index contributed by atoms with van der Waals surface area (Å²) in [5.41, 5.74) is 1.40. The highest BCUT2D eigenvalue weighted by Crippen LogP contribution is 2.17. The van der Waals surface area contributed by atoms with Crippen molar-refractivity contribution >= 4 is 16.7 Å². The van der Waals surface area contributed by atoms with Gasteiger partial charge in [-0.15, -0.1) is 0 Å². The largest absolute Gasteiger partial charge is 0.460 e. The number of benzene rings is 2. The van der Waals surface area contributed by atoms with Gasteiger partial charge in [0.15, 0.2) is 12.3 Å². The molecule has 0 saturated carbocycles. The van der Waals surface area contributed by atoms with Crippen LogP contribution in [0.15, 0.2) is 59.0 Å². The number of fused-ring (bicyclic) bond motifs is 1. The zero-order chi connectivity index (χ0) is 20.2. The molecular weight excluding hydrogens is 362 g/mol. The monoisotopic (exact) mass is 393 g/mol. The molecule has 1 aliphatic heterocycles. The second-order valence-corrected chi connectivity index (χ2v) is 8.27. The summed E-state index contributed by atoms with van der Waals surface area (Å²) < 4.78 is 5.63. The van der Waals surface area contributed by atoms with Crippen molar-refractivity contribution in [3.8, 4) is 0 Å². The van der Waals surface area contributed by atoms with Crippen molar-refractivity contribution < 1.29 is 19.0 Å². The van der Waals surface area contributed by atoms with Crippen molar-refractivity contribution in [1.29, 1.82) is 0 Å². The smallest absolute Gasteiger partial charge is 0.278 e. The van der Waals surface area contributed by atoms with E-state index in [1.807, 2.05) is 24.0 Å². The maximum atomic E-state index is 12.7. The number of nitrogens with zero attached hydrogens (tertiary/aromatic N) is 1. The SMILES string of the molecule is Cc1ccc(C[NH+](C)CC(=O)N2CC[NH+](Cc3cccc4ccccc34)CC2)o1. The van der Waals surface area contributed by atoms with E-state index in [0.29, 0.717) is 6.54 Å². The zero-order valence-electron chi connectivity index (χ0n) is 17.4. The van der Waals surface area contributed by atoms with Crippen LogP contribution in [0, 0.1) is 6.92 Å². The fraction of sp³-hybridized carbons (Fsp3) is 0.375.